The summed E-state index contributed by atoms with van der Waals surface area (Å²) in [7, 11) is 1.61. The molecule has 0 aromatic heterocycles. The van der Waals surface area contributed by atoms with Crippen LogP contribution < -0.4 is 14.8 Å². The summed E-state index contributed by atoms with van der Waals surface area (Å²) in [5, 5.41) is 2.85. The molecular weight excluding hydrogens is 366 g/mol. The van der Waals surface area contributed by atoms with E-state index in [-0.39, 0.29) is 11.7 Å². The fourth-order valence-corrected chi connectivity index (χ4v) is 2.78. The first-order valence-electron chi connectivity index (χ1n) is 9.34. The zero-order valence-corrected chi connectivity index (χ0v) is 16.4. The van der Waals surface area contributed by atoms with Crippen LogP contribution in [0.1, 0.15) is 28.4 Å². The molecule has 3 rings (SSSR count). The minimum Gasteiger partial charge on any atom is -0.497 e. The molecule has 0 aliphatic heterocycles. The lowest BCUT2D eigenvalue weighted by atomic mass is 10.0. The lowest BCUT2D eigenvalue weighted by Gasteiger charge is -2.15. The third kappa shape index (κ3) is 5.45. The topological polar surface area (TPSA) is 64.6 Å². The van der Waals surface area contributed by atoms with Crippen LogP contribution in [-0.4, -0.2) is 24.9 Å². The molecule has 0 unspecified atom stereocenters. The van der Waals surface area contributed by atoms with Gasteiger partial charge in [-0.15, -0.1) is 0 Å². The van der Waals surface area contributed by atoms with Crippen molar-refractivity contribution >= 4 is 11.7 Å². The Hall–Kier alpha value is -3.60. The van der Waals surface area contributed by atoms with Crippen molar-refractivity contribution < 1.29 is 19.1 Å². The molecule has 3 aromatic rings. The van der Waals surface area contributed by atoms with Crippen molar-refractivity contribution in [3.8, 4) is 11.5 Å². The maximum Gasteiger partial charge on any atom is 0.261 e. The highest BCUT2D eigenvalue weighted by molar-refractivity contribution is 6.08. The summed E-state index contributed by atoms with van der Waals surface area (Å²) >= 11 is 0. The third-order valence-corrected chi connectivity index (χ3v) is 4.46. The number of ether oxygens (including phenoxy) is 2. The number of hydrogen-bond donors (Lipinski definition) is 1. The van der Waals surface area contributed by atoms with Crippen LogP contribution in [0.25, 0.3) is 0 Å². The molecule has 0 saturated carbocycles. The van der Waals surface area contributed by atoms with Crippen molar-refractivity contribution in [2.24, 2.45) is 0 Å². The number of methoxy groups -OCH3 is 1. The molecule has 1 N–H and O–H groups in total. The van der Waals surface area contributed by atoms with Gasteiger partial charge in [0, 0.05) is 17.7 Å². The zero-order chi connectivity index (χ0) is 20.6. The number of carbonyl (C=O) groups excluding carboxylic acids is 2. The van der Waals surface area contributed by atoms with Gasteiger partial charge in [-0.3, -0.25) is 9.59 Å². The summed E-state index contributed by atoms with van der Waals surface area (Å²) in [5.74, 6) is 1.03. The number of nitrogens with one attached hydrogen (secondary N) is 1. The van der Waals surface area contributed by atoms with E-state index in [1.54, 1.807) is 50.4 Å². The van der Waals surface area contributed by atoms with E-state index in [2.05, 4.69) is 5.32 Å². The Kier molecular flexibility index (Phi) is 6.63. The van der Waals surface area contributed by atoms with E-state index < -0.39 is 6.10 Å². The van der Waals surface area contributed by atoms with E-state index in [4.69, 9.17) is 9.47 Å². The molecular formula is C24H23NO4. The molecule has 148 valence electrons. The smallest absolute Gasteiger partial charge is 0.261 e. The van der Waals surface area contributed by atoms with Crippen molar-refractivity contribution in [1.82, 2.24) is 5.32 Å². The lowest BCUT2D eigenvalue weighted by Crippen LogP contribution is -2.35. The second-order valence-corrected chi connectivity index (χ2v) is 6.55. The van der Waals surface area contributed by atoms with Gasteiger partial charge in [-0.25, -0.2) is 0 Å². The number of amides is 1. The van der Waals surface area contributed by atoms with Crippen LogP contribution in [-0.2, 0) is 11.3 Å². The monoisotopic (exact) mass is 389 g/mol. The Balaban J connectivity index is 1.53. The lowest BCUT2D eigenvalue weighted by molar-refractivity contribution is -0.127. The summed E-state index contributed by atoms with van der Waals surface area (Å²) in [6, 6.07) is 23.4. The van der Waals surface area contributed by atoms with Gasteiger partial charge >= 0.3 is 0 Å². The van der Waals surface area contributed by atoms with Gasteiger partial charge < -0.3 is 14.8 Å². The summed E-state index contributed by atoms with van der Waals surface area (Å²) in [4.78, 5) is 24.7. The fourth-order valence-electron chi connectivity index (χ4n) is 2.78. The molecule has 5 heteroatoms. The molecule has 1 amide bonds. The maximum atomic E-state index is 12.4. The second-order valence-electron chi connectivity index (χ2n) is 6.55. The molecule has 29 heavy (non-hydrogen) atoms. The van der Waals surface area contributed by atoms with Crippen molar-refractivity contribution in [3.05, 3.63) is 95.6 Å². The Labute approximate surface area is 170 Å². The highest BCUT2D eigenvalue weighted by atomic mass is 16.5. The van der Waals surface area contributed by atoms with Crippen molar-refractivity contribution in [2.45, 2.75) is 19.6 Å². The van der Waals surface area contributed by atoms with Gasteiger partial charge in [-0.1, -0.05) is 42.5 Å². The summed E-state index contributed by atoms with van der Waals surface area (Å²) in [6.07, 6.45) is -0.663. The molecule has 0 fully saturated rings. The van der Waals surface area contributed by atoms with Gasteiger partial charge in [-0.2, -0.15) is 0 Å². The van der Waals surface area contributed by atoms with Crippen molar-refractivity contribution in [3.63, 3.8) is 0 Å². The van der Waals surface area contributed by atoms with E-state index in [1.807, 2.05) is 42.5 Å². The standard InChI is InChI=1S/C24H23NO4/c1-17(24(27)25-16-18-8-12-21(28-2)13-9-18)29-22-14-10-20(11-15-22)23(26)19-6-4-3-5-7-19/h3-15,17H,16H2,1-2H3,(H,25,27)/t17-/m0/s1. The molecule has 0 saturated heterocycles. The molecule has 0 aliphatic carbocycles. The van der Waals surface area contributed by atoms with E-state index in [0.29, 0.717) is 23.4 Å². The van der Waals surface area contributed by atoms with Crippen LogP contribution >= 0.6 is 0 Å². The van der Waals surface area contributed by atoms with Gasteiger partial charge in [0.1, 0.15) is 11.5 Å². The molecule has 3 aromatic carbocycles. The van der Waals surface area contributed by atoms with Crippen LogP contribution in [0.4, 0.5) is 0 Å². The summed E-state index contributed by atoms with van der Waals surface area (Å²) in [5.41, 5.74) is 2.17. The minimum atomic E-state index is -0.663. The minimum absolute atomic E-state index is 0.0533. The largest absolute Gasteiger partial charge is 0.497 e. The molecule has 0 aliphatic rings. The Morgan fingerprint density at radius 2 is 1.41 bits per heavy atom. The Morgan fingerprint density at radius 3 is 2.03 bits per heavy atom. The number of ketones is 1. The van der Waals surface area contributed by atoms with Gasteiger partial charge in [0.25, 0.3) is 5.91 Å². The molecule has 0 heterocycles. The summed E-state index contributed by atoms with van der Waals surface area (Å²) in [6.45, 7) is 2.09. The highest BCUT2D eigenvalue weighted by Gasteiger charge is 2.15. The van der Waals surface area contributed by atoms with E-state index in [1.165, 1.54) is 0 Å². The van der Waals surface area contributed by atoms with Gasteiger partial charge in [0.2, 0.25) is 0 Å². The van der Waals surface area contributed by atoms with Gasteiger partial charge in [-0.05, 0) is 48.9 Å². The third-order valence-electron chi connectivity index (χ3n) is 4.46. The number of rotatable bonds is 8. The van der Waals surface area contributed by atoms with Crippen LogP contribution in [0.2, 0.25) is 0 Å². The molecule has 0 bridgehead atoms. The maximum absolute atomic E-state index is 12.4. The predicted molar refractivity (Wildman–Crippen MR) is 111 cm³/mol. The van der Waals surface area contributed by atoms with Crippen LogP contribution in [0, 0.1) is 0 Å². The molecule has 0 radical (unpaired) electrons. The number of benzene rings is 3. The van der Waals surface area contributed by atoms with Crippen molar-refractivity contribution in [2.75, 3.05) is 7.11 Å². The number of hydrogen-bond acceptors (Lipinski definition) is 4. The summed E-state index contributed by atoms with van der Waals surface area (Å²) < 4.78 is 10.8. The number of carbonyl (C=O) groups is 2. The molecule has 1 atom stereocenters. The normalized spacial score (nSPS) is 11.4. The zero-order valence-electron chi connectivity index (χ0n) is 16.4. The van der Waals surface area contributed by atoms with Crippen molar-refractivity contribution in [1.29, 1.82) is 0 Å². The van der Waals surface area contributed by atoms with E-state index in [9.17, 15) is 9.59 Å². The average molecular weight is 389 g/mol. The second kappa shape index (κ2) is 9.55. The van der Waals surface area contributed by atoms with E-state index in [0.717, 1.165) is 11.3 Å². The average Bonchev–Trinajstić information content (AvgIpc) is 2.78. The van der Waals surface area contributed by atoms with Crippen LogP contribution in [0.15, 0.2) is 78.9 Å². The SMILES string of the molecule is COc1ccc(CNC(=O)[C@H](C)Oc2ccc(C(=O)c3ccccc3)cc2)cc1. The van der Waals surface area contributed by atoms with Crippen LogP contribution in [0.3, 0.4) is 0 Å². The molecule has 5 nitrogen and oxygen atoms in total. The quantitative estimate of drug-likeness (QED) is 0.591. The molecule has 0 spiro atoms. The van der Waals surface area contributed by atoms with E-state index >= 15 is 0 Å². The first kappa shape index (κ1) is 20.1. The predicted octanol–water partition coefficient (Wildman–Crippen LogP) is 4.01. The first-order valence-corrected chi connectivity index (χ1v) is 9.34. The van der Waals surface area contributed by atoms with Gasteiger partial charge in [0.15, 0.2) is 11.9 Å². The Bertz CT molecular complexity index is 950. The first-order chi connectivity index (χ1) is 14.1. The van der Waals surface area contributed by atoms with Crippen LogP contribution in [0.5, 0.6) is 11.5 Å². The highest BCUT2D eigenvalue weighted by Crippen LogP contribution is 2.17. The van der Waals surface area contributed by atoms with Gasteiger partial charge in [0.05, 0.1) is 7.11 Å². The fraction of sp³-hybridized carbons (Fsp3) is 0.167. The Morgan fingerprint density at radius 1 is 0.828 bits per heavy atom.